The number of amides is 2. The lowest BCUT2D eigenvalue weighted by Gasteiger charge is -2.35. The van der Waals surface area contributed by atoms with E-state index in [-0.39, 0.29) is 18.1 Å². The number of carbonyl (C=O) groups is 2. The van der Waals surface area contributed by atoms with Gasteiger partial charge in [0, 0.05) is 43.9 Å². The maximum atomic E-state index is 14.5. The molecule has 1 aromatic rings. The zero-order chi connectivity index (χ0) is 16.4. The molecule has 1 N–H and O–H groups in total. The lowest BCUT2D eigenvalue weighted by molar-refractivity contribution is -0.134. The van der Waals surface area contributed by atoms with Crippen molar-refractivity contribution in [2.45, 2.75) is 25.7 Å². The van der Waals surface area contributed by atoms with Gasteiger partial charge in [-0.15, -0.1) is 0 Å². The van der Waals surface area contributed by atoms with Gasteiger partial charge in [0.15, 0.2) is 0 Å². The average Bonchev–Trinajstić information content (AvgIpc) is 2.55. The smallest absolute Gasteiger partial charge is 0.234 e. The third kappa shape index (κ3) is 3.37. The number of carbonyl (C=O) groups excluding carboxylic acids is 2. The molecule has 0 aliphatic carbocycles. The Bertz CT molecular complexity index is 612. The first-order valence-electron chi connectivity index (χ1n) is 8.19. The quantitative estimate of drug-likeness (QED) is 0.858. The molecule has 6 heteroatoms. The average molecular weight is 319 g/mol. The molecule has 0 saturated carbocycles. The second kappa shape index (κ2) is 6.66. The summed E-state index contributed by atoms with van der Waals surface area (Å²) in [7, 11) is 0. The molecule has 1 unspecified atom stereocenters. The molecule has 3 rings (SSSR count). The van der Waals surface area contributed by atoms with E-state index in [4.69, 9.17) is 0 Å². The Labute approximate surface area is 135 Å². The van der Waals surface area contributed by atoms with E-state index < -0.39 is 11.8 Å². The zero-order valence-electron chi connectivity index (χ0n) is 13.3. The highest BCUT2D eigenvalue weighted by atomic mass is 19.1. The minimum atomic E-state index is -0.571. The number of nitrogens with one attached hydrogen (secondary N) is 1. The summed E-state index contributed by atoms with van der Waals surface area (Å²) in [4.78, 5) is 27.6. The highest BCUT2D eigenvalue weighted by Gasteiger charge is 2.30. The van der Waals surface area contributed by atoms with Crippen LogP contribution < -0.4 is 10.2 Å². The van der Waals surface area contributed by atoms with Crippen LogP contribution in [-0.2, 0) is 9.59 Å². The summed E-state index contributed by atoms with van der Waals surface area (Å²) in [5.41, 5.74) is 1.24. The van der Waals surface area contributed by atoms with Gasteiger partial charge >= 0.3 is 0 Å². The van der Waals surface area contributed by atoms with Crippen LogP contribution in [0.25, 0.3) is 0 Å². The summed E-state index contributed by atoms with van der Waals surface area (Å²) < 4.78 is 14.5. The Hall–Kier alpha value is -1.95. The van der Waals surface area contributed by atoms with E-state index in [1.165, 1.54) is 6.07 Å². The van der Waals surface area contributed by atoms with Gasteiger partial charge < -0.3 is 9.80 Å². The molecule has 2 aliphatic heterocycles. The molecule has 0 spiro atoms. The lowest BCUT2D eigenvalue weighted by Crippen LogP contribution is -2.46. The van der Waals surface area contributed by atoms with Crippen molar-refractivity contribution in [3.8, 4) is 0 Å². The minimum absolute atomic E-state index is 0.260. The van der Waals surface area contributed by atoms with Crippen LogP contribution in [-0.4, -0.2) is 49.4 Å². The molecule has 0 aromatic heterocycles. The molecule has 124 valence electrons. The van der Waals surface area contributed by atoms with E-state index in [1.54, 1.807) is 6.07 Å². The Kier molecular flexibility index (Phi) is 4.61. The molecular weight excluding hydrogens is 297 g/mol. The van der Waals surface area contributed by atoms with Crippen molar-refractivity contribution in [3.05, 3.63) is 29.6 Å². The van der Waals surface area contributed by atoms with Crippen LogP contribution in [0.3, 0.4) is 0 Å². The highest BCUT2D eigenvalue weighted by molar-refractivity contribution is 6.00. The monoisotopic (exact) mass is 319 g/mol. The van der Waals surface area contributed by atoms with Crippen LogP contribution in [0.2, 0.25) is 0 Å². The molecule has 2 aliphatic rings. The Balaban J connectivity index is 1.73. The summed E-state index contributed by atoms with van der Waals surface area (Å²) in [5, 5.41) is 2.28. The predicted molar refractivity (Wildman–Crippen MR) is 85.9 cm³/mol. The van der Waals surface area contributed by atoms with Gasteiger partial charge in [0.25, 0.3) is 0 Å². The summed E-state index contributed by atoms with van der Waals surface area (Å²) in [6, 6.07) is 5.08. The van der Waals surface area contributed by atoms with Gasteiger partial charge in [-0.3, -0.25) is 14.9 Å². The van der Waals surface area contributed by atoms with E-state index in [2.05, 4.69) is 22.0 Å². The second-order valence-electron chi connectivity index (χ2n) is 6.13. The van der Waals surface area contributed by atoms with Crippen molar-refractivity contribution in [1.82, 2.24) is 10.2 Å². The third-order valence-corrected chi connectivity index (χ3v) is 4.78. The summed E-state index contributed by atoms with van der Waals surface area (Å²) in [5.74, 6) is -1.62. The van der Waals surface area contributed by atoms with Gasteiger partial charge in [0.1, 0.15) is 5.82 Å². The number of likely N-dealkylation sites (N-methyl/N-ethyl adjacent to an activating group) is 1. The van der Waals surface area contributed by atoms with Crippen molar-refractivity contribution in [2.24, 2.45) is 0 Å². The van der Waals surface area contributed by atoms with Crippen LogP contribution in [0.15, 0.2) is 18.2 Å². The molecule has 0 radical (unpaired) electrons. The Morgan fingerprint density at radius 3 is 2.57 bits per heavy atom. The molecular formula is C17H22FN3O2. The first-order chi connectivity index (χ1) is 11.1. The van der Waals surface area contributed by atoms with Crippen LogP contribution in [0.5, 0.6) is 0 Å². The number of halogens is 1. The predicted octanol–water partition coefficient (Wildman–Crippen LogP) is 1.49. The number of nitrogens with zero attached hydrogens (tertiary/aromatic N) is 2. The van der Waals surface area contributed by atoms with Gasteiger partial charge in [-0.25, -0.2) is 4.39 Å². The van der Waals surface area contributed by atoms with Crippen LogP contribution in [0, 0.1) is 5.82 Å². The Morgan fingerprint density at radius 2 is 1.96 bits per heavy atom. The largest absolute Gasteiger partial charge is 0.369 e. The maximum Gasteiger partial charge on any atom is 0.234 e. The van der Waals surface area contributed by atoms with Crippen molar-refractivity contribution in [2.75, 3.05) is 37.6 Å². The normalized spacial score (nSPS) is 23.0. The highest BCUT2D eigenvalue weighted by Crippen LogP contribution is 2.29. The molecule has 0 bridgehead atoms. The molecule has 2 saturated heterocycles. The molecule has 1 atom stereocenters. The van der Waals surface area contributed by atoms with Gasteiger partial charge in [0.2, 0.25) is 11.8 Å². The minimum Gasteiger partial charge on any atom is -0.369 e. The lowest BCUT2D eigenvalue weighted by atomic mass is 9.90. The topological polar surface area (TPSA) is 52.6 Å². The third-order valence-electron chi connectivity index (χ3n) is 4.78. The number of rotatable bonds is 3. The van der Waals surface area contributed by atoms with Crippen molar-refractivity contribution < 1.29 is 14.0 Å². The molecule has 5 nitrogen and oxygen atoms in total. The summed E-state index contributed by atoms with van der Waals surface area (Å²) >= 11 is 0. The first kappa shape index (κ1) is 15.9. The number of hydrogen-bond acceptors (Lipinski definition) is 4. The van der Waals surface area contributed by atoms with Crippen LogP contribution in [0.4, 0.5) is 10.1 Å². The number of imide groups is 1. The van der Waals surface area contributed by atoms with Gasteiger partial charge in [-0.2, -0.15) is 0 Å². The summed E-state index contributed by atoms with van der Waals surface area (Å²) in [6.45, 7) is 6.90. The van der Waals surface area contributed by atoms with E-state index in [0.717, 1.165) is 38.4 Å². The zero-order valence-corrected chi connectivity index (χ0v) is 13.3. The van der Waals surface area contributed by atoms with Crippen molar-refractivity contribution in [3.63, 3.8) is 0 Å². The van der Waals surface area contributed by atoms with E-state index >= 15 is 0 Å². The van der Waals surface area contributed by atoms with Crippen molar-refractivity contribution in [1.29, 1.82) is 0 Å². The van der Waals surface area contributed by atoms with Gasteiger partial charge in [-0.1, -0.05) is 13.0 Å². The molecule has 2 heterocycles. The molecule has 2 amide bonds. The fraction of sp³-hybridized carbons (Fsp3) is 0.529. The fourth-order valence-corrected chi connectivity index (χ4v) is 3.31. The van der Waals surface area contributed by atoms with Crippen LogP contribution in [0.1, 0.15) is 31.2 Å². The van der Waals surface area contributed by atoms with Gasteiger partial charge in [0.05, 0.1) is 5.92 Å². The molecule has 2 fully saturated rings. The SMILES string of the molecule is CCN1CCN(c2ccc(C3CCC(=O)NC3=O)c(F)c2)CC1. The second-order valence-corrected chi connectivity index (χ2v) is 6.13. The maximum absolute atomic E-state index is 14.5. The van der Waals surface area contributed by atoms with E-state index in [9.17, 15) is 14.0 Å². The number of benzene rings is 1. The fourth-order valence-electron chi connectivity index (χ4n) is 3.31. The Morgan fingerprint density at radius 1 is 1.22 bits per heavy atom. The summed E-state index contributed by atoms with van der Waals surface area (Å²) in [6.07, 6.45) is 0.632. The van der Waals surface area contributed by atoms with Crippen LogP contribution >= 0.6 is 0 Å². The van der Waals surface area contributed by atoms with E-state index in [1.807, 2.05) is 6.07 Å². The molecule has 1 aromatic carbocycles. The van der Waals surface area contributed by atoms with Gasteiger partial charge in [-0.05, 0) is 25.1 Å². The number of piperazine rings is 1. The number of hydrogen-bond donors (Lipinski definition) is 1. The number of anilines is 1. The standard InChI is InChI=1S/C17H22FN3O2/c1-2-20-7-9-21(10-8-20)12-3-4-13(15(18)11-12)14-5-6-16(22)19-17(14)23/h3-4,11,14H,2,5-10H2,1H3,(H,19,22,23). The molecule has 23 heavy (non-hydrogen) atoms. The first-order valence-corrected chi connectivity index (χ1v) is 8.19. The van der Waals surface area contributed by atoms with E-state index in [0.29, 0.717) is 12.0 Å². The van der Waals surface area contributed by atoms with Crippen molar-refractivity contribution >= 4 is 17.5 Å². The number of piperidine rings is 1.